The van der Waals surface area contributed by atoms with Gasteiger partial charge in [-0.2, -0.15) is 0 Å². The van der Waals surface area contributed by atoms with Crippen LogP contribution in [-0.2, 0) is 0 Å². The van der Waals surface area contributed by atoms with Gasteiger partial charge in [0, 0.05) is 85.3 Å². The lowest BCUT2D eigenvalue weighted by molar-refractivity contribution is -0.360. The van der Waals surface area contributed by atoms with Crippen molar-refractivity contribution in [3.8, 4) is 51.0 Å². The van der Waals surface area contributed by atoms with Gasteiger partial charge in [-0.1, -0.05) is 53.1 Å². The van der Waals surface area contributed by atoms with Crippen molar-refractivity contribution in [3.63, 3.8) is 0 Å². The lowest BCUT2D eigenvalue weighted by Gasteiger charge is -2.35. The van der Waals surface area contributed by atoms with E-state index >= 15 is 8.63 Å². The van der Waals surface area contributed by atoms with E-state index in [-0.39, 0.29) is 0 Å². The number of halogens is 2. The number of benzene rings is 6. The maximum absolute atomic E-state index is 19.2. The summed E-state index contributed by atoms with van der Waals surface area (Å²) in [7, 11) is 4.95. The summed E-state index contributed by atoms with van der Waals surface area (Å²) in [6.07, 6.45) is 11.9. The van der Waals surface area contributed by atoms with Crippen LogP contribution in [0, 0.1) is 83.1 Å². The van der Waals surface area contributed by atoms with Gasteiger partial charge < -0.3 is 41.8 Å². The largest absolute Gasteiger partial charge is 0.737 e. The number of aryl methyl sites for hydroxylation is 12. The van der Waals surface area contributed by atoms with Crippen molar-refractivity contribution in [2.45, 2.75) is 83.1 Å². The van der Waals surface area contributed by atoms with Gasteiger partial charge in [0.15, 0.2) is 11.4 Å². The molecule has 5 aliphatic heterocycles. The first-order valence-corrected chi connectivity index (χ1v) is 30.7. The molecule has 0 unspecified atom stereocenters. The first-order chi connectivity index (χ1) is 43.1. The molecule has 0 aliphatic carbocycles. The minimum absolute atomic E-state index is 0.308. The Bertz CT molecular complexity index is 4930. The number of aromatic amines is 2. The van der Waals surface area contributed by atoms with Gasteiger partial charge in [0.2, 0.25) is 0 Å². The smallest absolute Gasteiger partial charge is 0.495 e. The van der Waals surface area contributed by atoms with Crippen molar-refractivity contribution in [2.24, 2.45) is 9.98 Å². The molecular formula is C78H71BF2N6O3. The Kier molecular flexibility index (Phi) is 13.7. The molecule has 8 heterocycles. The van der Waals surface area contributed by atoms with Crippen LogP contribution in [0.1, 0.15) is 117 Å². The summed E-state index contributed by atoms with van der Waals surface area (Å²) in [6.45, 7) is 20.5. The van der Waals surface area contributed by atoms with Crippen LogP contribution in [0.5, 0.6) is 17.2 Å². The van der Waals surface area contributed by atoms with E-state index in [4.69, 9.17) is 24.2 Å². The second-order valence-corrected chi connectivity index (χ2v) is 25.2. The van der Waals surface area contributed by atoms with Crippen LogP contribution in [0.15, 0.2) is 173 Å². The topological polar surface area (TPSA) is 91.9 Å². The molecule has 0 saturated carbocycles. The molecule has 448 valence electrons. The van der Waals surface area contributed by atoms with Gasteiger partial charge >= 0.3 is 6.97 Å². The molecule has 0 radical (unpaired) electrons. The van der Waals surface area contributed by atoms with Gasteiger partial charge in [-0.05, 0) is 247 Å². The zero-order valence-electron chi connectivity index (χ0n) is 53.7. The summed E-state index contributed by atoms with van der Waals surface area (Å²) in [6, 6.07) is 37.5. The number of allylic oxidation sites excluding steroid dienone is 6. The van der Waals surface area contributed by atoms with E-state index in [9.17, 15) is 0 Å². The second-order valence-electron chi connectivity index (χ2n) is 25.2. The number of nitrogens with zero attached hydrogens (tertiary/aromatic N) is 4. The van der Waals surface area contributed by atoms with E-state index in [0.29, 0.717) is 68.0 Å². The highest BCUT2D eigenvalue weighted by molar-refractivity contribution is 6.59. The number of aromatic nitrogens is 3. The van der Waals surface area contributed by atoms with Crippen molar-refractivity contribution >= 4 is 40.8 Å². The number of hydrogen-bond donors (Lipinski definition) is 2. The summed E-state index contributed by atoms with van der Waals surface area (Å²) >= 11 is 0. The molecule has 0 saturated heterocycles. The lowest BCUT2D eigenvalue weighted by Crippen LogP contribution is -2.51. The quantitative estimate of drug-likeness (QED) is 0.163. The van der Waals surface area contributed by atoms with Crippen molar-refractivity contribution in [2.75, 3.05) is 21.3 Å². The first kappa shape index (κ1) is 57.7. The standard InChI is InChI=1S/C78H71BF2N6O3/c1-40-28-46(7)70(47(8)29-40)73-62-20-16-58(82-62)52-34-43(4)35-53(76(52)88-13)59-17-21-63(83-59)74(71-48(9)30-41(2)31-49(71)10)65-23-19-61(85-65)55-37-45(6)39-57(78(55)90-15)67-25-27-69-75(72-50(11)32-42(3)33-51(72)12)68-26-24-66(86(68)79(80,81)87(67)69)56-38-44(5)36-54(77(56)89-14)60-18-22-64(73)84-60/h16-39,82,85H,1-15H3. The number of hydrogen-bond acceptors (Lipinski definition) is 5. The summed E-state index contributed by atoms with van der Waals surface area (Å²) in [4.78, 5) is 18.7. The van der Waals surface area contributed by atoms with Crippen molar-refractivity contribution in [3.05, 3.63) is 280 Å². The van der Waals surface area contributed by atoms with Crippen LogP contribution in [-0.4, -0.2) is 64.4 Å². The molecule has 5 aliphatic rings. The Hall–Kier alpha value is -10.1. The molecule has 0 atom stereocenters. The van der Waals surface area contributed by atoms with Gasteiger partial charge in [0.05, 0.1) is 55.3 Å². The molecule has 0 amide bonds. The van der Waals surface area contributed by atoms with Crippen molar-refractivity contribution in [1.29, 1.82) is 0 Å². The Morgan fingerprint density at radius 3 is 1.18 bits per heavy atom. The highest BCUT2D eigenvalue weighted by Crippen LogP contribution is 2.50. The number of rotatable bonds is 6. The van der Waals surface area contributed by atoms with E-state index in [2.05, 4.69) is 176 Å². The van der Waals surface area contributed by atoms with Crippen LogP contribution in [0.2, 0.25) is 0 Å². The Morgan fingerprint density at radius 2 is 0.733 bits per heavy atom. The molecule has 0 spiro atoms. The van der Waals surface area contributed by atoms with Crippen LogP contribution in [0.4, 0.5) is 8.63 Å². The average molecular weight is 1190 g/mol. The number of aliphatic imine (C=N–C) groups is 2. The highest BCUT2D eigenvalue weighted by atomic mass is 19.2. The zero-order chi connectivity index (χ0) is 63.1. The number of methoxy groups -OCH3 is 3. The molecule has 12 heteroatoms. The predicted molar refractivity (Wildman–Crippen MR) is 364 cm³/mol. The fourth-order valence-electron chi connectivity index (χ4n) is 15.3. The third-order valence-electron chi connectivity index (χ3n) is 18.5. The molecule has 90 heavy (non-hydrogen) atoms. The number of ether oxygens (including phenoxy) is 3. The van der Waals surface area contributed by atoms with E-state index in [0.717, 1.165) is 151 Å². The molecule has 0 fully saturated rings. The highest BCUT2D eigenvalue weighted by Gasteiger charge is 2.55. The fraction of sp³-hybridized carbons (Fsp3) is 0.192. The molecular weight excluding hydrogens is 1120 g/mol. The summed E-state index contributed by atoms with van der Waals surface area (Å²) in [5.74, 6) is 1.56. The monoisotopic (exact) mass is 1190 g/mol. The van der Waals surface area contributed by atoms with Gasteiger partial charge in [0.25, 0.3) is 0 Å². The number of fused-ring (bicyclic) bond motifs is 18. The third-order valence-corrected chi connectivity index (χ3v) is 18.5. The Balaban J connectivity index is 1.09. The molecule has 3 aromatic heterocycles. The van der Waals surface area contributed by atoms with E-state index in [1.807, 2.05) is 62.4 Å². The summed E-state index contributed by atoms with van der Waals surface area (Å²) in [5, 5.41) is 0. The van der Waals surface area contributed by atoms with Crippen molar-refractivity contribution in [1.82, 2.24) is 14.4 Å². The SMILES string of the molecule is COc1c2cc(C)cc1-c1ccc([nH]1)C(c1c(C)cc(C)cc1C)=C1C=CC(=N1)c1cc(C)cc(c1OC)-c1ccc3n1[B-](F)(F)[N+]1=C(C=CC1=C3c1c(C)cc(C)cc1C)c1cc(C)cc(c1OC)-c1ccc([nH]1)C(c1c(C)cc(C)cc1C)=C1C=CC2=N1. The Labute approximate surface area is 525 Å². The molecule has 2 N–H and O–H groups in total. The van der Waals surface area contributed by atoms with Crippen LogP contribution < -0.4 is 14.2 Å². The van der Waals surface area contributed by atoms with E-state index in [1.165, 1.54) is 8.96 Å². The minimum Gasteiger partial charge on any atom is -0.495 e. The molecule has 16 bridgehead atoms. The normalized spacial score (nSPS) is 15.3. The average Bonchev–Trinajstić information content (AvgIpc) is 1.48. The van der Waals surface area contributed by atoms with E-state index < -0.39 is 6.97 Å². The van der Waals surface area contributed by atoms with Gasteiger partial charge in [-0.3, -0.25) is 0 Å². The number of nitrogens with one attached hydrogen (secondary N) is 2. The molecule has 9 nitrogen and oxygen atoms in total. The van der Waals surface area contributed by atoms with Crippen LogP contribution >= 0.6 is 0 Å². The third kappa shape index (κ3) is 9.04. The predicted octanol–water partition coefficient (Wildman–Crippen LogP) is 17.9. The minimum atomic E-state index is -4.68. The molecule has 6 aromatic carbocycles. The van der Waals surface area contributed by atoms with Crippen LogP contribution in [0.25, 0.3) is 50.5 Å². The maximum atomic E-state index is 19.2. The molecule has 9 aromatic rings. The maximum Gasteiger partial charge on any atom is 0.737 e. The lowest BCUT2D eigenvalue weighted by atomic mass is 9.82. The zero-order valence-corrected chi connectivity index (χ0v) is 53.7. The van der Waals surface area contributed by atoms with Gasteiger partial charge in [0.1, 0.15) is 17.2 Å². The fourth-order valence-corrected chi connectivity index (χ4v) is 15.3. The first-order valence-electron chi connectivity index (χ1n) is 30.7. The molecule has 14 rings (SSSR count). The summed E-state index contributed by atoms with van der Waals surface area (Å²) < 4.78 is 60.5. The van der Waals surface area contributed by atoms with Crippen molar-refractivity contribution < 1.29 is 27.3 Å². The van der Waals surface area contributed by atoms with E-state index in [1.54, 1.807) is 21.3 Å². The second kappa shape index (κ2) is 21.3. The van der Waals surface area contributed by atoms with Gasteiger partial charge in [-0.15, -0.1) is 0 Å². The Morgan fingerprint density at radius 1 is 0.378 bits per heavy atom. The van der Waals surface area contributed by atoms with Crippen LogP contribution in [0.3, 0.4) is 0 Å². The summed E-state index contributed by atoms with van der Waals surface area (Å²) in [5.41, 5.74) is 29.9. The number of H-pyrrole nitrogens is 2. The van der Waals surface area contributed by atoms with Gasteiger partial charge in [-0.25, -0.2) is 9.98 Å².